The van der Waals surface area contributed by atoms with Crippen molar-refractivity contribution in [1.29, 1.82) is 0 Å². The molecule has 22 heavy (non-hydrogen) atoms. The molecule has 0 N–H and O–H groups in total. The molecule has 0 spiro atoms. The molecular formula is C13H10ClN5O2S. The van der Waals surface area contributed by atoms with Crippen molar-refractivity contribution in [3.05, 3.63) is 47.6 Å². The van der Waals surface area contributed by atoms with Crippen molar-refractivity contribution in [2.45, 2.75) is 18.0 Å². The molecule has 0 saturated carbocycles. The van der Waals surface area contributed by atoms with Gasteiger partial charge in [-0.2, -0.15) is 5.10 Å². The molecule has 1 aliphatic heterocycles. The molecule has 1 fully saturated rings. The SMILES string of the molecule is O=C1C(Cl)C(c2ccco2)N1c1nnc(Cn2cccn2)s1. The predicted molar refractivity (Wildman–Crippen MR) is 79.8 cm³/mol. The van der Waals surface area contributed by atoms with E-state index in [0.29, 0.717) is 17.4 Å². The number of carbonyl (C=O) groups is 1. The van der Waals surface area contributed by atoms with E-state index in [2.05, 4.69) is 15.3 Å². The maximum absolute atomic E-state index is 12.1. The third-order valence-corrected chi connectivity index (χ3v) is 4.71. The number of nitrogens with zero attached hydrogens (tertiary/aromatic N) is 5. The molecule has 2 unspecified atom stereocenters. The molecule has 3 aromatic heterocycles. The minimum absolute atomic E-state index is 0.190. The number of hydrogen-bond acceptors (Lipinski definition) is 6. The van der Waals surface area contributed by atoms with Crippen LogP contribution < -0.4 is 4.90 Å². The molecule has 4 heterocycles. The molecule has 112 valence electrons. The summed E-state index contributed by atoms with van der Waals surface area (Å²) in [5, 5.41) is 13.0. The minimum atomic E-state index is -0.635. The van der Waals surface area contributed by atoms with E-state index in [-0.39, 0.29) is 11.9 Å². The zero-order valence-electron chi connectivity index (χ0n) is 11.2. The first-order valence-corrected chi connectivity index (χ1v) is 7.79. The van der Waals surface area contributed by atoms with Crippen molar-refractivity contribution in [2.24, 2.45) is 0 Å². The number of furan rings is 1. The van der Waals surface area contributed by atoms with Gasteiger partial charge in [0, 0.05) is 12.4 Å². The predicted octanol–water partition coefficient (Wildman–Crippen LogP) is 2.07. The molecule has 3 aromatic rings. The highest BCUT2D eigenvalue weighted by Gasteiger charge is 2.51. The topological polar surface area (TPSA) is 77.0 Å². The summed E-state index contributed by atoms with van der Waals surface area (Å²) >= 11 is 7.46. The van der Waals surface area contributed by atoms with Crippen molar-refractivity contribution < 1.29 is 9.21 Å². The Hall–Kier alpha value is -2.19. The highest BCUT2D eigenvalue weighted by molar-refractivity contribution is 7.15. The van der Waals surface area contributed by atoms with Gasteiger partial charge in [-0.1, -0.05) is 11.3 Å². The summed E-state index contributed by atoms with van der Waals surface area (Å²) < 4.78 is 7.11. The maximum atomic E-state index is 12.1. The van der Waals surface area contributed by atoms with Gasteiger partial charge in [-0.15, -0.1) is 21.8 Å². The summed E-state index contributed by atoms with van der Waals surface area (Å²) in [5.41, 5.74) is 0. The lowest BCUT2D eigenvalue weighted by Gasteiger charge is -2.40. The van der Waals surface area contributed by atoms with Crippen LogP contribution in [0.25, 0.3) is 0 Å². The highest BCUT2D eigenvalue weighted by Crippen LogP contribution is 2.43. The van der Waals surface area contributed by atoms with E-state index in [1.165, 1.54) is 16.2 Å². The zero-order chi connectivity index (χ0) is 15.1. The largest absolute Gasteiger partial charge is 0.467 e. The van der Waals surface area contributed by atoms with Crippen LogP contribution in [0, 0.1) is 0 Å². The first-order valence-electron chi connectivity index (χ1n) is 6.54. The van der Waals surface area contributed by atoms with E-state index in [9.17, 15) is 4.79 Å². The normalized spacial score (nSPS) is 21.1. The van der Waals surface area contributed by atoms with Gasteiger partial charge in [0.15, 0.2) is 0 Å². The summed E-state index contributed by atoms with van der Waals surface area (Å²) in [7, 11) is 0. The fourth-order valence-electron chi connectivity index (χ4n) is 2.34. The molecular weight excluding hydrogens is 326 g/mol. The Morgan fingerprint density at radius 3 is 3.00 bits per heavy atom. The number of rotatable bonds is 4. The second-order valence-corrected chi connectivity index (χ2v) is 6.26. The molecule has 7 nitrogen and oxygen atoms in total. The molecule has 0 radical (unpaired) electrons. The number of β-lactam (4-membered cyclic amide) rings is 1. The first-order chi connectivity index (χ1) is 10.7. The second-order valence-electron chi connectivity index (χ2n) is 4.75. The Morgan fingerprint density at radius 2 is 2.27 bits per heavy atom. The lowest BCUT2D eigenvalue weighted by Crippen LogP contribution is -2.56. The van der Waals surface area contributed by atoms with Gasteiger partial charge >= 0.3 is 0 Å². The Balaban J connectivity index is 1.58. The molecule has 1 amide bonds. The van der Waals surface area contributed by atoms with Crippen LogP contribution in [-0.2, 0) is 11.3 Å². The van der Waals surface area contributed by atoms with Gasteiger partial charge in [0.1, 0.15) is 22.2 Å². The number of aromatic nitrogens is 4. The quantitative estimate of drug-likeness (QED) is 0.539. The van der Waals surface area contributed by atoms with Crippen LogP contribution in [0.1, 0.15) is 16.8 Å². The summed E-state index contributed by atoms with van der Waals surface area (Å²) in [6.07, 6.45) is 5.10. The molecule has 0 aromatic carbocycles. The van der Waals surface area contributed by atoms with E-state index >= 15 is 0 Å². The van der Waals surface area contributed by atoms with Crippen molar-refractivity contribution in [3.63, 3.8) is 0 Å². The first kappa shape index (κ1) is 13.5. The maximum Gasteiger partial charge on any atom is 0.250 e. The van der Waals surface area contributed by atoms with Crippen molar-refractivity contribution in [3.8, 4) is 0 Å². The van der Waals surface area contributed by atoms with E-state index in [1.54, 1.807) is 29.3 Å². The van der Waals surface area contributed by atoms with E-state index in [0.717, 1.165) is 5.01 Å². The minimum Gasteiger partial charge on any atom is -0.467 e. The number of amides is 1. The fourth-order valence-corrected chi connectivity index (χ4v) is 3.55. The smallest absolute Gasteiger partial charge is 0.250 e. The van der Waals surface area contributed by atoms with Gasteiger partial charge in [-0.3, -0.25) is 14.4 Å². The van der Waals surface area contributed by atoms with Crippen molar-refractivity contribution >= 4 is 34.0 Å². The van der Waals surface area contributed by atoms with Crippen molar-refractivity contribution in [1.82, 2.24) is 20.0 Å². The third-order valence-electron chi connectivity index (χ3n) is 3.38. The number of carbonyl (C=O) groups excluding carboxylic acids is 1. The second kappa shape index (κ2) is 5.22. The van der Waals surface area contributed by atoms with E-state index in [1.807, 2.05) is 12.3 Å². The average Bonchev–Trinajstić information content (AvgIpc) is 3.26. The molecule has 1 saturated heterocycles. The standard InChI is InChI=1S/C13H10ClN5O2S/c14-10-11(8-3-1-6-21-8)19(12(10)20)13-17-16-9(22-13)7-18-5-2-4-15-18/h1-6,10-11H,7H2. The monoisotopic (exact) mass is 335 g/mol. The summed E-state index contributed by atoms with van der Waals surface area (Å²) in [6, 6.07) is 5.06. The van der Waals surface area contributed by atoms with Crippen LogP contribution in [0.3, 0.4) is 0 Å². The Bertz CT molecular complexity index is 785. The third kappa shape index (κ3) is 2.11. The van der Waals surface area contributed by atoms with Crippen LogP contribution in [-0.4, -0.2) is 31.3 Å². The van der Waals surface area contributed by atoms with Gasteiger partial charge in [-0.05, 0) is 18.2 Å². The lowest BCUT2D eigenvalue weighted by molar-refractivity contribution is -0.124. The van der Waals surface area contributed by atoms with Gasteiger partial charge < -0.3 is 4.42 Å². The molecule has 1 aliphatic rings. The van der Waals surface area contributed by atoms with Gasteiger partial charge in [0.25, 0.3) is 0 Å². The van der Waals surface area contributed by atoms with Crippen LogP contribution in [0.5, 0.6) is 0 Å². The Labute approximate surface area is 134 Å². The van der Waals surface area contributed by atoms with Gasteiger partial charge in [0.2, 0.25) is 11.0 Å². The van der Waals surface area contributed by atoms with Gasteiger partial charge in [0.05, 0.1) is 12.8 Å². The lowest BCUT2D eigenvalue weighted by atomic mass is 10.00. The van der Waals surface area contributed by atoms with Crippen LogP contribution in [0.2, 0.25) is 0 Å². The summed E-state index contributed by atoms with van der Waals surface area (Å²) in [4.78, 5) is 13.6. The van der Waals surface area contributed by atoms with Crippen molar-refractivity contribution in [2.75, 3.05) is 4.90 Å². The molecule has 0 aliphatic carbocycles. The number of anilines is 1. The van der Waals surface area contributed by atoms with Gasteiger partial charge in [-0.25, -0.2) is 0 Å². The fraction of sp³-hybridized carbons (Fsp3) is 0.231. The zero-order valence-corrected chi connectivity index (χ0v) is 12.7. The average molecular weight is 336 g/mol. The summed E-state index contributed by atoms with van der Waals surface area (Å²) in [6.45, 7) is 0.516. The Morgan fingerprint density at radius 1 is 1.36 bits per heavy atom. The molecule has 9 heteroatoms. The number of alkyl halides is 1. The number of hydrogen-bond donors (Lipinski definition) is 0. The van der Waals surface area contributed by atoms with Crippen LogP contribution >= 0.6 is 22.9 Å². The number of halogens is 1. The molecule has 4 rings (SSSR count). The van der Waals surface area contributed by atoms with E-state index < -0.39 is 5.38 Å². The summed E-state index contributed by atoms with van der Waals surface area (Å²) in [5.74, 6) is 0.452. The van der Waals surface area contributed by atoms with Crippen LogP contribution in [0.4, 0.5) is 5.13 Å². The van der Waals surface area contributed by atoms with E-state index in [4.69, 9.17) is 16.0 Å². The molecule has 0 bridgehead atoms. The Kier molecular flexibility index (Phi) is 3.20. The van der Waals surface area contributed by atoms with Crippen LogP contribution in [0.15, 0.2) is 41.3 Å². The highest BCUT2D eigenvalue weighted by atomic mass is 35.5. The molecule has 2 atom stereocenters.